The van der Waals surface area contributed by atoms with Crippen molar-refractivity contribution >= 4 is 27.5 Å². The summed E-state index contributed by atoms with van der Waals surface area (Å²) in [6.07, 6.45) is 1.70. The summed E-state index contributed by atoms with van der Waals surface area (Å²) in [5, 5.41) is 15.5. The van der Waals surface area contributed by atoms with E-state index in [1.165, 1.54) is 0 Å². The van der Waals surface area contributed by atoms with Crippen molar-refractivity contribution in [1.29, 1.82) is 5.26 Å². The molecule has 0 saturated heterocycles. The number of halogens is 1. The second kappa shape index (κ2) is 5.67. The topological polar surface area (TPSA) is 70.7 Å². The Hall–Kier alpha value is -2.13. The van der Waals surface area contributed by atoms with E-state index in [-0.39, 0.29) is 12.3 Å². The molecule has 6 heteroatoms. The Morgan fingerprint density at radius 2 is 2.37 bits per heavy atom. The molecule has 0 saturated carbocycles. The fourth-order valence-electron chi connectivity index (χ4n) is 1.68. The number of nitriles is 1. The third kappa shape index (κ3) is 3.20. The van der Waals surface area contributed by atoms with Crippen molar-refractivity contribution in [3.05, 3.63) is 34.9 Å². The molecule has 0 unspecified atom stereocenters. The minimum absolute atomic E-state index is 0.155. The van der Waals surface area contributed by atoms with Gasteiger partial charge < -0.3 is 5.32 Å². The Morgan fingerprint density at radius 1 is 1.58 bits per heavy atom. The molecule has 2 rings (SSSR count). The maximum Gasteiger partial charge on any atom is 0.238 e. The van der Waals surface area contributed by atoms with Crippen molar-refractivity contribution in [2.24, 2.45) is 7.05 Å². The van der Waals surface area contributed by atoms with Crippen molar-refractivity contribution in [2.75, 3.05) is 5.32 Å². The lowest BCUT2D eigenvalue weighted by atomic mass is 10.1. The van der Waals surface area contributed by atoms with Crippen molar-refractivity contribution in [3.63, 3.8) is 0 Å². The lowest BCUT2D eigenvalue weighted by molar-refractivity contribution is -0.115. The highest BCUT2D eigenvalue weighted by Crippen LogP contribution is 2.28. The first kappa shape index (κ1) is 13.3. The molecule has 2 aromatic rings. The molecule has 19 heavy (non-hydrogen) atoms. The molecule has 0 fully saturated rings. The van der Waals surface area contributed by atoms with Crippen LogP contribution in [-0.4, -0.2) is 15.7 Å². The molecule has 5 nitrogen and oxygen atoms in total. The largest absolute Gasteiger partial charge is 0.325 e. The number of benzene rings is 1. The van der Waals surface area contributed by atoms with E-state index >= 15 is 0 Å². The summed E-state index contributed by atoms with van der Waals surface area (Å²) < 4.78 is 2.59. The van der Waals surface area contributed by atoms with Crippen molar-refractivity contribution < 1.29 is 4.79 Å². The molecular formula is C13H11BrN4O. The van der Waals surface area contributed by atoms with Crippen LogP contribution in [0, 0.1) is 11.3 Å². The molecule has 0 bridgehead atoms. The molecule has 0 aliphatic heterocycles. The minimum atomic E-state index is -0.320. The summed E-state index contributed by atoms with van der Waals surface area (Å²) in [7, 11) is 1.84. The number of aryl methyl sites for hydroxylation is 1. The lowest BCUT2D eigenvalue weighted by Crippen LogP contribution is -2.09. The first-order chi connectivity index (χ1) is 9.10. The molecule has 0 aliphatic carbocycles. The van der Waals surface area contributed by atoms with E-state index in [1.807, 2.05) is 37.5 Å². The molecule has 96 valence electrons. The van der Waals surface area contributed by atoms with E-state index in [9.17, 15) is 4.79 Å². The molecule has 1 aromatic heterocycles. The standard InChI is InChI=1S/C13H11BrN4O/c1-18-8-11(14)13(17-18)9-3-2-4-10(7-9)16-12(19)5-6-15/h2-4,7-8H,5H2,1H3,(H,16,19). The van der Waals surface area contributed by atoms with Crippen molar-refractivity contribution in [3.8, 4) is 17.3 Å². The van der Waals surface area contributed by atoms with Gasteiger partial charge >= 0.3 is 0 Å². The predicted molar refractivity (Wildman–Crippen MR) is 75.2 cm³/mol. The zero-order chi connectivity index (χ0) is 13.8. The zero-order valence-corrected chi connectivity index (χ0v) is 11.8. The molecule has 1 amide bonds. The fraction of sp³-hybridized carbons (Fsp3) is 0.154. The minimum Gasteiger partial charge on any atom is -0.325 e. The number of rotatable bonds is 3. The Bertz CT molecular complexity index is 657. The van der Waals surface area contributed by atoms with Crippen molar-refractivity contribution in [2.45, 2.75) is 6.42 Å². The second-order valence-electron chi connectivity index (χ2n) is 3.96. The summed E-state index contributed by atoms with van der Waals surface area (Å²) >= 11 is 3.44. The summed E-state index contributed by atoms with van der Waals surface area (Å²) in [5.74, 6) is -0.320. The number of nitrogens with zero attached hydrogens (tertiary/aromatic N) is 3. The van der Waals surface area contributed by atoms with Crippen LogP contribution in [0.5, 0.6) is 0 Å². The van der Waals surface area contributed by atoms with Crippen molar-refractivity contribution in [1.82, 2.24) is 9.78 Å². The summed E-state index contributed by atoms with van der Waals surface area (Å²) in [4.78, 5) is 11.4. The van der Waals surface area contributed by atoms with Crippen LogP contribution < -0.4 is 5.32 Å². The third-order valence-electron chi connectivity index (χ3n) is 2.44. The van der Waals surface area contributed by atoms with Gasteiger partial charge in [0.15, 0.2) is 0 Å². The van der Waals surface area contributed by atoms with Crippen LogP contribution in [0.2, 0.25) is 0 Å². The SMILES string of the molecule is Cn1cc(Br)c(-c2cccc(NC(=O)CC#N)c2)n1. The van der Waals surface area contributed by atoms with Gasteiger partial charge in [-0.1, -0.05) is 12.1 Å². The second-order valence-corrected chi connectivity index (χ2v) is 4.82. The van der Waals surface area contributed by atoms with Crippen LogP contribution in [0.3, 0.4) is 0 Å². The molecular weight excluding hydrogens is 308 g/mol. The van der Waals surface area contributed by atoms with Gasteiger partial charge in [0, 0.05) is 24.5 Å². The van der Waals surface area contributed by atoms with Gasteiger partial charge in [-0.3, -0.25) is 9.48 Å². The molecule has 0 spiro atoms. The van der Waals surface area contributed by atoms with Gasteiger partial charge in [-0.25, -0.2) is 0 Å². The molecule has 1 aromatic carbocycles. The van der Waals surface area contributed by atoms with E-state index in [0.717, 1.165) is 15.7 Å². The average molecular weight is 319 g/mol. The van der Waals surface area contributed by atoms with Crippen LogP contribution in [0.1, 0.15) is 6.42 Å². The number of nitrogens with one attached hydrogen (secondary N) is 1. The fourth-order valence-corrected chi connectivity index (χ4v) is 2.28. The van der Waals surface area contributed by atoms with Crippen LogP contribution >= 0.6 is 15.9 Å². The predicted octanol–water partition coefficient (Wildman–Crippen LogP) is 2.70. The van der Waals surface area contributed by atoms with Gasteiger partial charge in [-0.05, 0) is 28.1 Å². The number of anilines is 1. The molecule has 0 atom stereocenters. The van der Waals surface area contributed by atoms with Crippen LogP contribution in [0.15, 0.2) is 34.9 Å². The Balaban J connectivity index is 2.27. The number of amides is 1. The van der Waals surface area contributed by atoms with Gasteiger partial charge in [0.1, 0.15) is 12.1 Å². The highest BCUT2D eigenvalue weighted by molar-refractivity contribution is 9.10. The first-order valence-corrected chi connectivity index (χ1v) is 6.36. The number of carbonyl (C=O) groups is 1. The molecule has 0 aliphatic rings. The number of hydrogen-bond donors (Lipinski definition) is 1. The first-order valence-electron chi connectivity index (χ1n) is 5.56. The summed E-state index contributed by atoms with van der Waals surface area (Å²) in [6, 6.07) is 9.15. The van der Waals surface area contributed by atoms with Gasteiger partial charge in [0.2, 0.25) is 5.91 Å². The van der Waals surface area contributed by atoms with Crippen LogP contribution in [0.25, 0.3) is 11.3 Å². The van der Waals surface area contributed by atoms with Gasteiger partial charge in [0.25, 0.3) is 0 Å². The van der Waals surface area contributed by atoms with Gasteiger partial charge in [-0.2, -0.15) is 10.4 Å². The van der Waals surface area contributed by atoms with E-state index in [4.69, 9.17) is 5.26 Å². The number of carbonyl (C=O) groups excluding carboxylic acids is 1. The Labute approximate surface area is 119 Å². The van der Waals surface area contributed by atoms with Gasteiger partial charge in [-0.15, -0.1) is 0 Å². The molecule has 0 radical (unpaired) electrons. The normalized spacial score (nSPS) is 9.95. The highest BCUT2D eigenvalue weighted by Gasteiger charge is 2.09. The third-order valence-corrected chi connectivity index (χ3v) is 3.02. The maximum absolute atomic E-state index is 11.4. The Kier molecular flexibility index (Phi) is 3.97. The Morgan fingerprint density at radius 3 is 3.00 bits per heavy atom. The maximum atomic E-state index is 11.4. The van der Waals surface area contributed by atoms with E-state index in [1.54, 1.807) is 10.7 Å². The highest BCUT2D eigenvalue weighted by atomic mass is 79.9. The van der Waals surface area contributed by atoms with E-state index in [0.29, 0.717) is 5.69 Å². The summed E-state index contributed by atoms with van der Waals surface area (Å²) in [6.45, 7) is 0. The molecule has 1 heterocycles. The number of aromatic nitrogens is 2. The van der Waals surface area contributed by atoms with Crippen LogP contribution in [0.4, 0.5) is 5.69 Å². The average Bonchev–Trinajstić information content (AvgIpc) is 2.69. The monoisotopic (exact) mass is 318 g/mol. The lowest BCUT2D eigenvalue weighted by Gasteiger charge is -2.05. The van der Waals surface area contributed by atoms with E-state index < -0.39 is 0 Å². The van der Waals surface area contributed by atoms with E-state index in [2.05, 4.69) is 26.3 Å². The summed E-state index contributed by atoms with van der Waals surface area (Å²) in [5.41, 5.74) is 2.34. The molecule has 1 N–H and O–H groups in total. The number of hydrogen-bond acceptors (Lipinski definition) is 3. The smallest absolute Gasteiger partial charge is 0.238 e. The van der Waals surface area contributed by atoms with Crippen LogP contribution in [-0.2, 0) is 11.8 Å². The quantitative estimate of drug-likeness (QED) is 0.945. The van der Waals surface area contributed by atoms with Gasteiger partial charge in [0.05, 0.1) is 10.5 Å². The zero-order valence-electron chi connectivity index (χ0n) is 10.2.